The Balaban J connectivity index is 1.32. The molecule has 8 nitrogen and oxygen atoms in total. The highest BCUT2D eigenvalue weighted by Crippen LogP contribution is 2.21. The summed E-state index contributed by atoms with van der Waals surface area (Å²) in [6.07, 6.45) is 8.43. The molecule has 0 saturated carbocycles. The maximum atomic E-state index is 13.3. The smallest absolute Gasteiger partial charge is 0.239 e. The minimum absolute atomic E-state index is 0.250. The zero-order chi connectivity index (χ0) is 27.8. The van der Waals surface area contributed by atoms with E-state index in [2.05, 4.69) is 69.3 Å². The number of amides is 1. The molecule has 10 heteroatoms. The molecule has 1 fully saturated rings. The number of benzene rings is 2. The molecule has 2 atom stereocenters. The van der Waals surface area contributed by atoms with Crippen molar-refractivity contribution in [3.8, 4) is 0 Å². The molecule has 2 heterocycles. The molecule has 210 valence electrons. The topological polar surface area (TPSA) is 87.5 Å². The second kappa shape index (κ2) is 13.6. The van der Waals surface area contributed by atoms with Crippen LogP contribution in [0.25, 0.3) is 0 Å². The monoisotopic (exact) mass is 569 g/mol. The van der Waals surface area contributed by atoms with Crippen LogP contribution in [0.15, 0.2) is 72.0 Å². The average molecular weight is 570 g/mol. The highest BCUT2D eigenvalue weighted by molar-refractivity contribution is 7.98. The number of thioether (sulfide) groups is 1. The second-order valence-corrected chi connectivity index (χ2v) is 13.0. The maximum Gasteiger partial charge on any atom is 0.239 e. The fourth-order valence-corrected chi connectivity index (χ4v) is 6.47. The Morgan fingerprint density at radius 3 is 2.56 bits per heavy atom. The van der Waals surface area contributed by atoms with Gasteiger partial charge in [0.25, 0.3) is 0 Å². The molecule has 1 aliphatic rings. The Hall–Kier alpha value is -2.66. The highest BCUT2D eigenvalue weighted by atomic mass is 32.2. The third-order valence-electron chi connectivity index (χ3n) is 7.38. The van der Waals surface area contributed by atoms with E-state index in [0.717, 1.165) is 18.7 Å². The number of nitrogens with zero attached hydrogens (tertiary/aromatic N) is 4. The van der Waals surface area contributed by atoms with Gasteiger partial charge in [-0.15, -0.1) is 11.8 Å². The largest absolute Gasteiger partial charge is 0.354 e. The van der Waals surface area contributed by atoms with Crippen LogP contribution >= 0.6 is 11.8 Å². The Morgan fingerprint density at radius 2 is 1.87 bits per heavy atom. The zero-order valence-corrected chi connectivity index (χ0v) is 24.6. The van der Waals surface area contributed by atoms with Crippen LogP contribution in [0.4, 0.5) is 0 Å². The number of hydrogen-bond donors (Lipinski definition) is 1. The van der Waals surface area contributed by atoms with Gasteiger partial charge in [-0.2, -0.15) is 4.31 Å². The fraction of sp³-hybridized carbons (Fsp3) is 0.448. The van der Waals surface area contributed by atoms with E-state index < -0.39 is 16.1 Å². The lowest BCUT2D eigenvalue weighted by Gasteiger charge is -2.39. The predicted octanol–water partition coefficient (Wildman–Crippen LogP) is 3.45. The van der Waals surface area contributed by atoms with Gasteiger partial charge >= 0.3 is 0 Å². The lowest BCUT2D eigenvalue weighted by atomic mass is 9.97. The van der Waals surface area contributed by atoms with Crippen molar-refractivity contribution in [3.63, 3.8) is 0 Å². The van der Waals surface area contributed by atoms with Crippen LogP contribution in [0.5, 0.6) is 0 Å². The van der Waals surface area contributed by atoms with E-state index in [1.807, 2.05) is 24.4 Å². The van der Waals surface area contributed by atoms with Gasteiger partial charge in [0, 0.05) is 55.9 Å². The minimum Gasteiger partial charge on any atom is -0.354 e. The number of sulfonamides is 1. The molecular formula is C29H39N5O3S2. The van der Waals surface area contributed by atoms with E-state index in [9.17, 15) is 13.2 Å². The van der Waals surface area contributed by atoms with E-state index in [4.69, 9.17) is 0 Å². The SMILES string of the molecule is CSc1ccc(Cn2cncc2CCNC(=O)C2CN(CCC(C)c3ccccc3)CCN2S(C)(=O)=O)cc1. The van der Waals surface area contributed by atoms with Gasteiger partial charge in [0.1, 0.15) is 6.04 Å². The first-order valence-electron chi connectivity index (χ1n) is 13.4. The first-order valence-corrected chi connectivity index (χ1v) is 16.5. The van der Waals surface area contributed by atoms with Crippen molar-refractivity contribution in [2.24, 2.45) is 0 Å². The Bertz CT molecular complexity index is 1310. The predicted molar refractivity (Wildman–Crippen MR) is 158 cm³/mol. The van der Waals surface area contributed by atoms with Crippen molar-refractivity contribution in [2.75, 3.05) is 45.2 Å². The van der Waals surface area contributed by atoms with Crippen molar-refractivity contribution in [1.82, 2.24) is 24.1 Å². The van der Waals surface area contributed by atoms with Crippen molar-refractivity contribution < 1.29 is 13.2 Å². The Kier molecular flexibility index (Phi) is 10.2. The molecule has 2 aromatic carbocycles. The lowest BCUT2D eigenvalue weighted by molar-refractivity contribution is -0.126. The molecule has 1 N–H and O–H groups in total. The number of carbonyl (C=O) groups excluding carboxylic acids is 1. The third-order valence-corrected chi connectivity index (χ3v) is 9.41. The molecule has 2 unspecified atom stereocenters. The standard InChI is InChI=1S/C29H39N5O3S2/c1-23(25-7-5-4-6-8-25)14-16-32-17-18-34(39(3,36)37)28(21-32)29(35)31-15-13-26-19-30-22-33(26)20-24-9-11-27(38-2)12-10-24/h4-12,19,22-23,28H,13-18,20-21H2,1-3H3,(H,31,35). The first kappa shape index (κ1) is 29.3. The second-order valence-electron chi connectivity index (χ2n) is 10.2. The van der Waals surface area contributed by atoms with Crippen molar-refractivity contribution in [1.29, 1.82) is 0 Å². The number of carbonyl (C=O) groups is 1. The van der Waals surface area contributed by atoms with Gasteiger partial charge in [-0.25, -0.2) is 13.4 Å². The van der Waals surface area contributed by atoms with Gasteiger partial charge in [0.15, 0.2) is 0 Å². The number of rotatable bonds is 12. The van der Waals surface area contributed by atoms with Crippen LogP contribution in [0, 0.1) is 0 Å². The van der Waals surface area contributed by atoms with E-state index in [-0.39, 0.29) is 5.91 Å². The molecule has 1 saturated heterocycles. The summed E-state index contributed by atoms with van der Waals surface area (Å²) in [5.74, 6) is 0.139. The summed E-state index contributed by atoms with van der Waals surface area (Å²) in [7, 11) is -3.50. The molecular weight excluding hydrogens is 530 g/mol. The van der Waals surface area contributed by atoms with Crippen LogP contribution in [-0.2, 0) is 27.8 Å². The molecule has 0 aliphatic carbocycles. The highest BCUT2D eigenvalue weighted by Gasteiger charge is 2.37. The number of nitrogens with one attached hydrogen (secondary N) is 1. The van der Waals surface area contributed by atoms with Gasteiger partial charge in [0.05, 0.1) is 12.6 Å². The van der Waals surface area contributed by atoms with Gasteiger partial charge in [0.2, 0.25) is 15.9 Å². The molecule has 1 amide bonds. The van der Waals surface area contributed by atoms with Crippen LogP contribution in [0.2, 0.25) is 0 Å². The molecule has 39 heavy (non-hydrogen) atoms. The van der Waals surface area contributed by atoms with E-state index in [1.54, 1.807) is 18.1 Å². The van der Waals surface area contributed by atoms with Crippen LogP contribution in [0.1, 0.15) is 36.1 Å². The van der Waals surface area contributed by atoms with Gasteiger partial charge < -0.3 is 9.88 Å². The number of hydrogen-bond acceptors (Lipinski definition) is 6. The van der Waals surface area contributed by atoms with Gasteiger partial charge in [-0.3, -0.25) is 9.69 Å². The molecule has 0 bridgehead atoms. The summed E-state index contributed by atoms with van der Waals surface area (Å²) in [5.41, 5.74) is 3.49. The number of imidazole rings is 1. The van der Waals surface area contributed by atoms with Gasteiger partial charge in [-0.05, 0) is 48.4 Å². The quantitative estimate of drug-likeness (QED) is 0.336. The molecule has 1 aromatic heterocycles. The minimum atomic E-state index is -3.50. The fourth-order valence-electron chi connectivity index (χ4n) is 5.02. The van der Waals surface area contributed by atoms with E-state index >= 15 is 0 Å². The van der Waals surface area contributed by atoms with Crippen LogP contribution in [0.3, 0.4) is 0 Å². The van der Waals surface area contributed by atoms with Crippen LogP contribution in [-0.4, -0.2) is 84.4 Å². The van der Waals surface area contributed by atoms with E-state index in [0.29, 0.717) is 45.1 Å². The molecule has 3 aromatic rings. The molecule has 1 aliphatic heterocycles. The maximum absolute atomic E-state index is 13.3. The lowest BCUT2D eigenvalue weighted by Crippen LogP contribution is -2.60. The molecule has 0 spiro atoms. The number of piperazine rings is 1. The summed E-state index contributed by atoms with van der Waals surface area (Å²) >= 11 is 1.72. The third kappa shape index (κ3) is 8.17. The summed E-state index contributed by atoms with van der Waals surface area (Å²) in [5, 5.41) is 2.99. The first-order chi connectivity index (χ1) is 18.7. The average Bonchev–Trinajstić information content (AvgIpc) is 3.38. The molecule has 4 rings (SSSR count). The normalized spacial score (nSPS) is 17.7. The number of aromatic nitrogens is 2. The van der Waals surface area contributed by atoms with E-state index in [1.165, 1.54) is 26.6 Å². The summed E-state index contributed by atoms with van der Waals surface area (Å²) in [4.78, 5) is 21.0. The van der Waals surface area contributed by atoms with Crippen LogP contribution < -0.4 is 5.32 Å². The van der Waals surface area contributed by atoms with Crippen molar-refractivity contribution in [2.45, 2.75) is 43.2 Å². The molecule has 0 radical (unpaired) electrons. The van der Waals surface area contributed by atoms with Crippen molar-refractivity contribution >= 4 is 27.7 Å². The Labute approximate surface area is 236 Å². The zero-order valence-electron chi connectivity index (χ0n) is 23.0. The summed E-state index contributed by atoms with van der Waals surface area (Å²) in [6, 6.07) is 18.1. The Morgan fingerprint density at radius 1 is 1.13 bits per heavy atom. The summed E-state index contributed by atoms with van der Waals surface area (Å²) < 4.78 is 28.4. The van der Waals surface area contributed by atoms with Gasteiger partial charge in [-0.1, -0.05) is 49.4 Å². The van der Waals surface area contributed by atoms with Crippen molar-refractivity contribution in [3.05, 3.63) is 83.9 Å². The summed E-state index contributed by atoms with van der Waals surface area (Å²) in [6.45, 7) is 5.47.